The summed E-state index contributed by atoms with van der Waals surface area (Å²) in [6.07, 6.45) is 0.871. The van der Waals surface area contributed by atoms with Gasteiger partial charge in [-0.25, -0.2) is 0 Å². The number of carbonyl (C=O) groups is 2. The first kappa shape index (κ1) is 19.7. The molecule has 2 aromatic rings. The van der Waals surface area contributed by atoms with Crippen LogP contribution in [0.3, 0.4) is 0 Å². The molecule has 0 saturated carbocycles. The molecule has 0 bridgehead atoms. The number of carbonyl (C=O) groups excluding carboxylic acids is 2. The van der Waals surface area contributed by atoms with Crippen LogP contribution in [0, 0.1) is 0 Å². The van der Waals surface area contributed by atoms with Gasteiger partial charge in [0.25, 0.3) is 5.91 Å². The standard InChI is InChI=1S/C21H27N3O2/c1-4-16(2)22-21(26)18-11-8-12-19(13-18)23-20(25)15-24(3)14-17-9-6-5-7-10-17/h5-13,16H,4,14-15H2,1-3H3,(H,22,26)(H,23,25). The van der Waals surface area contributed by atoms with Gasteiger partial charge >= 0.3 is 0 Å². The van der Waals surface area contributed by atoms with Gasteiger partial charge in [-0.15, -0.1) is 0 Å². The molecule has 0 spiro atoms. The van der Waals surface area contributed by atoms with E-state index >= 15 is 0 Å². The fourth-order valence-electron chi connectivity index (χ4n) is 2.54. The van der Waals surface area contributed by atoms with E-state index in [1.165, 1.54) is 0 Å². The number of benzene rings is 2. The Kier molecular flexibility index (Phi) is 7.36. The Bertz CT molecular complexity index is 731. The molecule has 5 nitrogen and oxygen atoms in total. The lowest BCUT2D eigenvalue weighted by Gasteiger charge is -2.16. The summed E-state index contributed by atoms with van der Waals surface area (Å²) in [6, 6.07) is 17.1. The quantitative estimate of drug-likeness (QED) is 0.765. The van der Waals surface area contributed by atoms with Crippen molar-refractivity contribution in [2.45, 2.75) is 32.9 Å². The third-order valence-electron chi connectivity index (χ3n) is 4.11. The Morgan fingerprint density at radius 1 is 1.08 bits per heavy atom. The van der Waals surface area contributed by atoms with Crippen molar-refractivity contribution in [2.24, 2.45) is 0 Å². The average molecular weight is 353 g/mol. The van der Waals surface area contributed by atoms with Crippen molar-refractivity contribution in [1.29, 1.82) is 0 Å². The molecule has 1 unspecified atom stereocenters. The lowest BCUT2D eigenvalue weighted by Crippen LogP contribution is -2.32. The predicted octanol–water partition coefficient (Wildman–Crippen LogP) is 3.29. The van der Waals surface area contributed by atoms with E-state index in [4.69, 9.17) is 0 Å². The SMILES string of the molecule is CCC(C)NC(=O)c1cccc(NC(=O)CN(C)Cc2ccccc2)c1. The Morgan fingerprint density at radius 2 is 1.81 bits per heavy atom. The summed E-state index contributed by atoms with van der Waals surface area (Å²) >= 11 is 0. The third-order valence-corrected chi connectivity index (χ3v) is 4.11. The topological polar surface area (TPSA) is 61.4 Å². The van der Waals surface area contributed by atoms with E-state index in [-0.39, 0.29) is 24.4 Å². The minimum absolute atomic E-state index is 0.108. The number of rotatable bonds is 8. The second-order valence-electron chi connectivity index (χ2n) is 6.57. The second kappa shape index (κ2) is 9.73. The van der Waals surface area contributed by atoms with Gasteiger partial charge in [0.05, 0.1) is 6.54 Å². The molecule has 5 heteroatoms. The van der Waals surface area contributed by atoms with E-state index in [0.717, 1.165) is 12.0 Å². The summed E-state index contributed by atoms with van der Waals surface area (Å²) in [7, 11) is 1.91. The zero-order chi connectivity index (χ0) is 18.9. The highest BCUT2D eigenvalue weighted by Gasteiger charge is 2.11. The van der Waals surface area contributed by atoms with Gasteiger partial charge in [0, 0.05) is 23.8 Å². The van der Waals surface area contributed by atoms with Crippen molar-refractivity contribution in [3.8, 4) is 0 Å². The molecule has 0 aliphatic heterocycles. The number of hydrogen-bond acceptors (Lipinski definition) is 3. The largest absolute Gasteiger partial charge is 0.350 e. The number of nitrogens with one attached hydrogen (secondary N) is 2. The van der Waals surface area contributed by atoms with Crippen LogP contribution in [0.25, 0.3) is 0 Å². The minimum Gasteiger partial charge on any atom is -0.350 e. The van der Waals surface area contributed by atoms with Gasteiger partial charge in [-0.05, 0) is 44.2 Å². The molecule has 2 rings (SSSR count). The summed E-state index contributed by atoms with van der Waals surface area (Å²) in [5, 5.41) is 5.79. The average Bonchev–Trinajstić information content (AvgIpc) is 2.62. The molecule has 0 aromatic heterocycles. The molecule has 0 heterocycles. The highest BCUT2D eigenvalue weighted by molar-refractivity contribution is 5.97. The monoisotopic (exact) mass is 353 g/mol. The summed E-state index contributed by atoms with van der Waals surface area (Å²) in [6.45, 7) is 4.96. The van der Waals surface area contributed by atoms with Crippen molar-refractivity contribution >= 4 is 17.5 Å². The van der Waals surface area contributed by atoms with Crippen LogP contribution in [-0.4, -0.2) is 36.3 Å². The Morgan fingerprint density at radius 3 is 2.50 bits per heavy atom. The van der Waals surface area contributed by atoms with Crippen molar-refractivity contribution < 1.29 is 9.59 Å². The zero-order valence-electron chi connectivity index (χ0n) is 15.7. The van der Waals surface area contributed by atoms with E-state index in [9.17, 15) is 9.59 Å². The third kappa shape index (κ3) is 6.33. The van der Waals surface area contributed by atoms with Crippen LogP contribution in [0.5, 0.6) is 0 Å². The maximum atomic E-state index is 12.3. The first-order valence-corrected chi connectivity index (χ1v) is 8.91. The first-order chi connectivity index (χ1) is 12.5. The van der Waals surface area contributed by atoms with E-state index in [0.29, 0.717) is 17.8 Å². The maximum absolute atomic E-state index is 12.3. The molecule has 1 atom stereocenters. The molecular formula is C21H27N3O2. The van der Waals surface area contributed by atoms with Crippen LogP contribution in [0.1, 0.15) is 36.2 Å². The highest BCUT2D eigenvalue weighted by atomic mass is 16.2. The molecule has 2 N–H and O–H groups in total. The number of hydrogen-bond donors (Lipinski definition) is 2. The Labute approximate surface area is 155 Å². The van der Waals surface area contributed by atoms with Gasteiger partial charge in [-0.1, -0.05) is 43.3 Å². The van der Waals surface area contributed by atoms with Crippen LogP contribution in [0.15, 0.2) is 54.6 Å². The smallest absolute Gasteiger partial charge is 0.251 e. The van der Waals surface area contributed by atoms with E-state index in [1.807, 2.05) is 56.1 Å². The second-order valence-corrected chi connectivity index (χ2v) is 6.57. The van der Waals surface area contributed by atoms with Crippen molar-refractivity contribution in [3.05, 3.63) is 65.7 Å². The molecule has 0 saturated heterocycles. The Balaban J connectivity index is 1.90. The van der Waals surface area contributed by atoms with Gasteiger partial charge in [0.15, 0.2) is 0 Å². The van der Waals surface area contributed by atoms with Gasteiger partial charge in [-0.3, -0.25) is 14.5 Å². The fourth-order valence-corrected chi connectivity index (χ4v) is 2.54. The molecular weight excluding hydrogens is 326 g/mol. The van der Waals surface area contributed by atoms with Crippen LogP contribution >= 0.6 is 0 Å². The molecule has 2 amide bonds. The van der Waals surface area contributed by atoms with Crippen molar-refractivity contribution in [1.82, 2.24) is 10.2 Å². The maximum Gasteiger partial charge on any atom is 0.251 e. The number of nitrogens with zero attached hydrogens (tertiary/aromatic N) is 1. The summed E-state index contributed by atoms with van der Waals surface area (Å²) in [5.41, 5.74) is 2.33. The van der Waals surface area contributed by atoms with Gasteiger partial charge in [0.1, 0.15) is 0 Å². The zero-order valence-corrected chi connectivity index (χ0v) is 15.7. The van der Waals surface area contributed by atoms with Gasteiger partial charge in [-0.2, -0.15) is 0 Å². The van der Waals surface area contributed by atoms with Crippen molar-refractivity contribution in [3.63, 3.8) is 0 Å². The van der Waals surface area contributed by atoms with E-state index < -0.39 is 0 Å². The molecule has 26 heavy (non-hydrogen) atoms. The molecule has 0 aliphatic carbocycles. The molecule has 0 radical (unpaired) electrons. The highest BCUT2D eigenvalue weighted by Crippen LogP contribution is 2.11. The van der Waals surface area contributed by atoms with Crippen molar-refractivity contribution in [2.75, 3.05) is 18.9 Å². The molecule has 0 aliphatic rings. The predicted molar refractivity (Wildman–Crippen MR) is 105 cm³/mol. The lowest BCUT2D eigenvalue weighted by atomic mass is 10.1. The number of amides is 2. The lowest BCUT2D eigenvalue weighted by molar-refractivity contribution is -0.117. The summed E-state index contributed by atoms with van der Waals surface area (Å²) < 4.78 is 0. The minimum atomic E-state index is -0.128. The van der Waals surface area contributed by atoms with Crippen LogP contribution < -0.4 is 10.6 Å². The van der Waals surface area contributed by atoms with Gasteiger partial charge in [0.2, 0.25) is 5.91 Å². The summed E-state index contributed by atoms with van der Waals surface area (Å²) in [5.74, 6) is -0.237. The van der Waals surface area contributed by atoms with E-state index in [1.54, 1.807) is 24.3 Å². The number of anilines is 1. The van der Waals surface area contributed by atoms with Crippen LogP contribution in [0.2, 0.25) is 0 Å². The summed E-state index contributed by atoms with van der Waals surface area (Å²) in [4.78, 5) is 26.4. The molecule has 2 aromatic carbocycles. The normalized spacial score (nSPS) is 11.8. The first-order valence-electron chi connectivity index (χ1n) is 8.91. The van der Waals surface area contributed by atoms with Crippen LogP contribution in [-0.2, 0) is 11.3 Å². The molecule has 138 valence electrons. The Hall–Kier alpha value is -2.66. The van der Waals surface area contributed by atoms with Crippen LogP contribution in [0.4, 0.5) is 5.69 Å². The fraction of sp³-hybridized carbons (Fsp3) is 0.333. The van der Waals surface area contributed by atoms with E-state index in [2.05, 4.69) is 10.6 Å². The van der Waals surface area contributed by atoms with Gasteiger partial charge < -0.3 is 10.6 Å². The molecule has 0 fully saturated rings. The number of likely N-dealkylation sites (N-methyl/N-ethyl adjacent to an activating group) is 1.